The first-order valence-corrected chi connectivity index (χ1v) is 12.0. The van der Waals surface area contributed by atoms with Crippen molar-refractivity contribution in [1.29, 1.82) is 0 Å². The summed E-state index contributed by atoms with van der Waals surface area (Å²) in [6.45, 7) is 11.9. The Balaban J connectivity index is 2.71. The minimum absolute atomic E-state index is 0.0386. The molecule has 0 N–H and O–H groups in total. The van der Waals surface area contributed by atoms with Gasteiger partial charge in [0.25, 0.3) is 0 Å². The molecule has 0 spiro atoms. The third-order valence-electron chi connectivity index (χ3n) is 5.05. The van der Waals surface area contributed by atoms with Crippen LogP contribution in [0.2, 0.25) is 5.02 Å². The maximum absolute atomic E-state index is 13.6. The fourth-order valence-electron chi connectivity index (χ4n) is 3.28. The molecule has 1 aromatic carbocycles. The number of allylic oxidation sites excluding steroid dienone is 2. The minimum Gasteiger partial charge on any atom is -0.361 e. The van der Waals surface area contributed by atoms with E-state index in [0.29, 0.717) is 22.8 Å². The van der Waals surface area contributed by atoms with Crippen molar-refractivity contribution in [3.63, 3.8) is 0 Å². The second-order valence-corrected chi connectivity index (χ2v) is 9.66. The first kappa shape index (κ1) is 24.2. The summed E-state index contributed by atoms with van der Waals surface area (Å²) in [6, 6.07) is 3.35. The predicted octanol–water partition coefficient (Wildman–Crippen LogP) is 5.34. The summed E-state index contributed by atoms with van der Waals surface area (Å²) in [4.78, 5) is 13.6. The smallest absolute Gasteiger partial charge is 0.307 e. The molecule has 8 heteroatoms. The molecule has 164 valence electrons. The molecule has 0 bridgehead atoms. The number of halogens is 1. The van der Waals surface area contributed by atoms with Gasteiger partial charge in [-0.1, -0.05) is 30.5 Å². The molecule has 30 heavy (non-hydrogen) atoms. The highest BCUT2D eigenvalue weighted by Crippen LogP contribution is 2.34. The summed E-state index contributed by atoms with van der Waals surface area (Å²) in [5.41, 5.74) is 4.64. The van der Waals surface area contributed by atoms with E-state index in [1.165, 1.54) is 4.68 Å². The van der Waals surface area contributed by atoms with E-state index in [4.69, 9.17) is 15.8 Å². The summed E-state index contributed by atoms with van der Waals surface area (Å²) in [5.74, 6) is -0.380. The topological polar surface area (TPSA) is 78.3 Å². The van der Waals surface area contributed by atoms with Crippen LogP contribution in [0, 0.1) is 13.8 Å². The van der Waals surface area contributed by atoms with Gasteiger partial charge in [0.15, 0.2) is 0 Å². The average molecular weight is 453 g/mol. The summed E-state index contributed by atoms with van der Waals surface area (Å²) in [5, 5.41) is 4.94. The Morgan fingerprint density at radius 2 is 1.80 bits per heavy atom. The molecule has 0 unspecified atom stereocenters. The molecule has 0 atom stereocenters. The van der Waals surface area contributed by atoms with Gasteiger partial charge >= 0.3 is 10.1 Å². The molecule has 0 fully saturated rings. The summed E-state index contributed by atoms with van der Waals surface area (Å²) >= 11 is 6.44. The molecule has 1 aromatic heterocycles. The third-order valence-corrected chi connectivity index (χ3v) is 5.82. The lowest BCUT2D eigenvalue weighted by Gasteiger charge is -2.15. The molecule has 0 aliphatic carbocycles. The van der Waals surface area contributed by atoms with Gasteiger partial charge in [0.2, 0.25) is 11.7 Å². The zero-order chi connectivity index (χ0) is 22.8. The summed E-state index contributed by atoms with van der Waals surface area (Å²) in [6.07, 6.45) is 2.62. The van der Waals surface area contributed by atoms with Crippen LogP contribution in [-0.4, -0.2) is 30.2 Å². The molecule has 0 aliphatic rings. The van der Waals surface area contributed by atoms with Gasteiger partial charge in [-0.2, -0.15) is 13.5 Å². The number of hydrogen-bond acceptors (Lipinski definition) is 5. The SMILES string of the molecule is CCCCn1nc(C)c(C(=O)c2ccc(Cl)c(C(C)=C(C)C)c2C)c1OS(C)(=O)=O. The number of benzene rings is 1. The van der Waals surface area contributed by atoms with Crippen LogP contribution in [0.15, 0.2) is 17.7 Å². The fourth-order valence-corrected chi connectivity index (χ4v) is 4.08. The normalized spacial score (nSPS) is 11.5. The van der Waals surface area contributed by atoms with Crippen LogP contribution in [0.3, 0.4) is 0 Å². The van der Waals surface area contributed by atoms with Crippen LogP contribution in [0.25, 0.3) is 5.57 Å². The monoisotopic (exact) mass is 452 g/mol. The molecule has 0 amide bonds. The van der Waals surface area contributed by atoms with Crippen LogP contribution in [0.1, 0.15) is 73.3 Å². The van der Waals surface area contributed by atoms with Crippen molar-refractivity contribution in [2.45, 2.75) is 60.9 Å². The zero-order valence-corrected chi connectivity index (χ0v) is 20.2. The second-order valence-electron chi connectivity index (χ2n) is 7.68. The number of nitrogens with zero attached hydrogens (tertiary/aromatic N) is 2. The van der Waals surface area contributed by atoms with Crippen molar-refractivity contribution >= 4 is 33.1 Å². The van der Waals surface area contributed by atoms with Crippen LogP contribution >= 0.6 is 11.6 Å². The number of rotatable bonds is 8. The quantitative estimate of drug-likeness (QED) is 0.399. The first-order chi connectivity index (χ1) is 13.9. The molecular formula is C22H29ClN2O4S. The van der Waals surface area contributed by atoms with Crippen LogP contribution < -0.4 is 4.18 Å². The standard InChI is InChI=1S/C22H29ClN2O4S/c1-8-9-12-25-22(29-30(7,27)28)20(16(6)24-25)21(26)17-10-11-18(23)19(15(17)5)14(4)13(2)3/h10-11H,8-9,12H2,1-7H3. The maximum Gasteiger partial charge on any atom is 0.307 e. The predicted molar refractivity (Wildman–Crippen MR) is 121 cm³/mol. The van der Waals surface area contributed by atoms with Gasteiger partial charge in [-0.15, -0.1) is 0 Å². The number of ketones is 1. The Labute approximate surface area is 184 Å². The van der Waals surface area contributed by atoms with Crippen LogP contribution in [0.4, 0.5) is 0 Å². The fraction of sp³-hybridized carbons (Fsp3) is 0.455. The molecule has 6 nitrogen and oxygen atoms in total. The molecule has 0 saturated carbocycles. The van der Waals surface area contributed by atoms with Crippen molar-refractivity contribution in [3.05, 3.63) is 50.7 Å². The van der Waals surface area contributed by atoms with E-state index in [-0.39, 0.29) is 17.2 Å². The molecular weight excluding hydrogens is 424 g/mol. The van der Waals surface area contributed by atoms with Crippen molar-refractivity contribution in [2.24, 2.45) is 0 Å². The Kier molecular flexibility index (Phi) is 7.53. The highest BCUT2D eigenvalue weighted by Gasteiger charge is 2.28. The summed E-state index contributed by atoms with van der Waals surface area (Å²) < 4.78 is 30.4. The van der Waals surface area contributed by atoms with Crippen LogP contribution in [-0.2, 0) is 16.7 Å². The van der Waals surface area contributed by atoms with E-state index in [9.17, 15) is 13.2 Å². The Hall–Kier alpha value is -2.12. The molecule has 0 aliphatic heterocycles. The lowest BCUT2D eigenvalue weighted by molar-refractivity contribution is 0.103. The number of unbranched alkanes of at least 4 members (excludes halogenated alkanes) is 1. The van der Waals surface area contributed by atoms with Gasteiger partial charge < -0.3 is 4.18 Å². The first-order valence-electron chi connectivity index (χ1n) is 9.84. The van der Waals surface area contributed by atoms with Gasteiger partial charge in [0.1, 0.15) is 5.56 Å². The molecule has 2 rings (SSSR count). The lowest BCUT2D eigenvalue weighted by Crippen LogP contribution is -2.14. The molecule has 2 aromatic rings. The van der Waals surface area contributed by atoms with Gasteiger partial charge in [-0.3, -0.25) is 4.79 Å². The molecule has 1 heterocycles. The second kappa shape index (κ2) is 9.35. The molecule has 0 saturated heterocycles. The van der Waals surface area contributed by atoms with Gasteiger partial charge in [-0.05, 0) is 69.9 Å². The van der Waals surface area contributed by atoms with E-state index in [1.54, 1.807) is 19.1 Å². The number of hydrogen-bond donors (Lipinski definition) is 0. The van der Waals surface area contributed by atoms with E-state index in [2.05, 4.69) is 5.10 Å². The van der Waals surface area contributed by atoms with Crippen molar-refractivity contribution in [1.82, 2.24) is 9.78 Å². The van der Waals surface area contributed by atoms with E-state index >= 15 is 0 Å². The maximum atomic E-state index is 13.6. The third kappa shape index (κ3) is 5.13. The van der Waals surface area contributed by atoms with Crippen molar-refractivity contribution < 1.29 is 17.4 Å². The Bertz CT molecular complexity index is 1110. The number of aromatic nitrogens is 2. The lowest BCUT2D eigenvalue weighted by atomic mass is 9.91. The summed E-state index contributed by atoms with van der Waals surface area (Å²) in [7, 11) is -3.84. The highest BCUT2D eigenvalue weighted by molar-refractivity contribution is 7.86. The highest BCUT2D eigenvalue weighted by atomic mass is 35.5. The zero-order valence-electron chi connectivity index (χ0n) is 18.6. The van der Waals surface area contributed by atoms with E-state index in [0.717, 1.165) is 41.4 Å². The van der Waals surface area contributed by atoms with Crippen molar-refractivity contribution in [3.8, 4) is 5.88 Å². The van der Waals surface area contributed by atoms with E-state index < -0.39 is 10.1 Å². The number of carbonyl (C=O) groups is 1. The van der Waals surface area contributed by atoms with Crippen LogP contribution in [0.5, 0.6) is 5.88 Å². The largest absolute Gasteiger partial charge is 0.361 e. The van der Waals surface area contributed by atoms with Crippen molar-refractivity contribution in [2.75, 3.05) is 6.26 Å². The van der Waals surface area contributed by atoms with E-state index in [1.807, 2.05) is 34.6 Å². The number of carbonyl (C=O) groups excluding carboxylic acids is 1. The van der Waals surface area contributed by atoms with Gasteiger partial charge in [0, 0.05) is 17.1 Å². The molecule has 0 radical (unpaired) electrons. The van der Waals surface area contributed by atoms with Gasteiger partial charge in [-0.25, -0.2) is 4.68 Å². The Morgan fingerprint density at radius 3 is 2.33 bits per heavy atom. The van der Waals surface area contributed by atoms with Gasteiger partial charge in [0.05, 0.1) is 11.9 Å². The minimum atomic E-state index is -3.84. The number of aryl methyl sites for hydroxylation is 2. The average Bonchev–Trinajstić information content (AvgIpc) is 2.92. The Morgan fingerprint density at radius 1 is 1.17 bits per heavy atom.